The van der Waals surface area contributed by atoms with Gasteiger partial charge >= 0.3 is 5.97 Å². The van der Waals surface area contributed by atoms with Crippen molar-refractivity contribution >= 4 is 31.1 Å². The predicted molar refractivity (Wildman–Crippen MR) is 75.9 cm³/mol. The lowest BCUT2D eigenvalue weighted by Gasteiger charge is -2.06. The van der Waals surface area contributed by atoms with Gasteiger partial charge in [0, 0.05) is 21.3 Å². The number of halogens is 1. The smallest absolute Gasteiger partial charge is 0.308 e. The van der Waals surface area contributed by atoms with E-state index in [9.17, 15) is 14.0 Å². The van der Waals surface area contributed by atoms with Crippen LogP contribution in [0.5, 0.6) is 5.75 Å². The minimum absolute atomic E-state index is 0. The van der Waals surface area contributed by atoms with Crippen molar-refractivity contribution in [2.45, 2.75) is 27.7 Å². The van der Waals surface area contributed by atoms with Gasteiger partial charge in [0.15, 0.2) is 0 Å². The second kappa shape index (κ2) is 9.47. The third-order valence-electron chi connectivity index (χ3n) is 1.51. The average Bonchev–Trinajstić information content (AvgIpc) is 2.24. The van der Waals surface area contributed by atoms with E-state index in [1.807, 2.05) is 13.8 Å². The number of hydrogen-bond donors (Lipinski definition) is 1. The van der Waals surface area contributed by atoms with Gasteiger partial charge in [-0.15, -0.1) is 0 Å². The van der Waals surface area contributed by atoms with E-state index in [1.165, 1.54) is 26.0 Å². The van der Waals surface area contributed by atoms with Crippen LogP contribution in [-0.2, 0) is 9.59 Å². The first-order valence-corrected chi connectivity index (χ1v) is 5.24. The number of carbonyl (C=O) groups is 2. The number of nitrogens with one attached hydrogen (secondary N) is 1. The second-order valence-electron chi connectivity index (χ2n) is 2.92. The first-order chi connectivity index (χ1) is 7.99. The summed E-state index contributed by atoms with van der Waals surface area (Å²) in [4.78, 5) is 21.3. The number of hydrogen-bond acceptors (Lipinski definition) is 3. The standard InChI is InChI=1S/C10H10FNO3.C2H6.H2S.H2/c1-6(13)12-10-5-8(15-7(2)14)3-4-9(10)11;1-2;;/h3-5H,1-2H3,(H,12,13);1-2H3;1H2;1H. The fraction of sp³-hybridized carbons (Fsp3) is 0.333. The van der Waals surface area contributed by atoms with Gasteiger partial charge in [0.1, 0.15) is 11.6 Å². The Morgan fingerprint density at radius 3 is 2.28 bits per heavy atom. The molecule has 0 fully saturated rings. The van der Waals surface area contributed by atoms with Crippen molar-refractivity contribution < 1.29 is 20.1 Å². The van der Waals surface area contributed by atoms with Crippen molar-refractivity contribution in [1.82, 2.24) is 0 Å². The van der Waals surface area contributed by atoms with E-state index >= 15 is 0 Å². The van der Waals surface area contributed by atoms with Gasteiger partial charge in [-0.1, -0.05) is 13.8 Å². The molecule has 6 heteroatoms. The van der Waals surface area contributed by atoms with Crippen LogP contribution in [0.4, 0.5) is 10.1 Å². The second-order valence-corrected chi connectivity index (χ2v) is 2.92. The van der Waals surface area contributed by atoms with Crippen molar-refractivity contribution in [2.24, 2.45) is 0 Å². The zero-order valence-electron chi connectivity index (χ0n) is 10.8. The van der Waals surface area contributed by atoms with Gasteiger partial charge in [-0.3, -0.25) is 9.59 Å². The Kier molecular flexibility index (Phi) is 9.89. The first kappa shape index (κ1) is 18.8. The summed E-state index contributed by atoms with van der Waals surface area (Å²) in [6.07, 6.45) is 0. The molecule has 0 aliphatic carbocycles. The maximum absolute atomic E-state index is 13.1. The zero-order valence-corrected chi connectivity index (χ0v) is 11.8. The van der Waals surface area contributed by atoms with E-state index in [1.54, 1.807) is 0 Å². The normalized spacial score (nSPS) is 8.28. The molecule has 0 unspecified atom stereocenters. The number of ether oxygens (including phenoxy) is 1. The molecule has 0 bridgehead atoms. The minimum atomic E-state index is -0.582. The highest BCUT2D eigenvalue weighted by Crippen LogP contribution is 2.21. The van der Waals surface area contributed by atoms with Gasteiger partial charge in [-0.2, -0.15) is 13.5 Å². The molecule has 1 amide bonds. The largest absolute Gasteiger partial charge is 0.427 e. The Morgan fingerprint density at radius 1 is 1.28 bits per heavy atom. The Balaban J connectivity index is -0.000000609. The molecule has 1 aromatic rings. The van der Waals surface area contributed by atoms with E-state index in [0.29, 0.717) is 0 Å². The van der Waals surface area contributed by atoms with Crippen LogP contribution in [0.25, 0.3) is 0 Å². The molecule has 18 heavy (non-hydrogen) atoms. The summed E-state index contributed by atoms with van der Waals surface area (Å²) in [6, 6.07) is 3.67. The minimum Gasteiger partial charge on any atom is -0.427 e. The highest BCUT2D eigenvalue weighted by molar-refractivity contribution is 7.59. The van der Waals surface area contributed by atoms with Crippen molar-refractivity contribution in [2.75, 3.05) is 5.32 Å². The number of anilines is 1. The van der Waals surface area contributed by atoms with Gasteiger partial charge in [0.05, 0.1) is 5.69 Å². The molecule has 1 rings (SSSR count). The lowest BCUT2D eigenvalue weighted by Crippen LogP contribution is -2.08. The Hall–Kier alpha value is -1.56. The maximum Gasteiger partial charge on any atom is 0.308 e. The van der Waals surface area contributed by atoms with Crippen molar-refractivity contribution in [1.29, 1.82) is 0 Å². The third-order valence-corrected chi connectivity index (χ3v) is 1.51. The van der Waals surface area contributed by atoms with Crippen LogP contribution >= 0.6 is 13.5 Å². The SMILES string of the molecule is CC.CC(=O)Nc1cc(OC(C)=O)ccc1F.S.[HH]. The van der Waals surface area contributed by atoms with Crippen LogP contribution in [0.3, 0.4) is 0 Å². The summed E-state index contributed by atoms with van der Waals surface area (Å²) in [5.74, 6) is -1.29. The summed E-state index contributed by atoms with van der Waals surface area (Å²) in [7, 11) is 0. The quantitative estimate of drug-likeness (QED) is 0.667. The first-order valence-electron chi connectivity index (χ1n) is 5.24. The topological polar surface area (TPSA) is 55.4 Å². The Labute approximate surface area is 114 Å². The van der Waals surface area contributed by atoms with Gasteiger partial charge in [0.2, 0.25) is 5.91 Å². The molecule has 104 valence electrons. The van der Waals surface area contributed by atoms with Crippen LogP contribution < -0.4 is 10.1 Å². The van der Waals surface area contributed by atoms with Crippen molar-refractivity contribution in [3.8, 4) is 5.75 Å². The van der Waals surface area contributed by atoms with E-state index in [0.717, 1.165) is 6.07 Å². The maximum atomic E-state index is 13.1. The molecule has 0 saturated carbocycles. The molecule has 1 aromatic carbocycles. The van der Waals surface area contributed by atoms with Gasteiger partial charge in [-0.05, 0) is 12.1 Å². The van der Waals surface area contributed by atoms with Gasteiger partial charge in [0.25, 0.3) is 0 Å². The summed E-state index contributed by atoms with van der Waals surface area (Å²) in [5, 5.41) is 2.28. The van der Waals surface area contributed by atoms with Crippen LogP contribution in [0, 0.1) is 5.82 Å². The highest BCUT2D eigenvalue weighted by Gasteiger charge is 2.06. The molecule has 0 heterocycles. The van der Waals surface area contributed by atoms with Crippen LogP contribution in [0.15, 0.2) is 18.2 Å². The highest BCUT2D eigenvalue weighted by atomic mass is 32.1. The molecule has 0 spiro atoms. The van der Waals surface area contributed by atoms with Crippen LogP contribution in [0.1, 0.15) is 29.1 Å². The monoisotopic (exact) mass is 277 g/mol. The number of amides is 1. The van der Waals surface area contributed by atoms with E-state index in [-0.39, 0.29) is 26.4 Å². The van der Waals surface area contributed by atoms with Crippen molar-refractivity contribution in [3.05, 3.63) is 24.0 Å². The van der Waals surface area contributed by atoms with Crippen LogP contribution in [-0.4, -0.2) is 11.9 Å². The molecule has 0 aromatic heterocycles. The molecule has 0 atom stereocenters. The summed E-state index contributed by atoms with van der Waals surface area (Å²) >= 11 is 0. The zero-order chi connectivity index (χ0) is 13.4. The predicted octanol–water partition coefficient (Wildman–Crippen LogP) is 3.09. The van der Waals surface area contributed by atoms with E-state index in [4.69, 9.17) is 4.74 Å². The Morgan fingerprint density at radius 2 is 1.83 bits per heavy atom. The number of esters is 1. The molecule has 0 aliphatic heterocycles. The van der Waals surface area contributed by atoms with E-state index < -0.39 is 17.7 Å². The van der Waals surface area contributed by atoms with Gasteiger partial charge in [-0.25, -0.2) is 4.39 Å². The number of carbonyl (C=O) groups excluding carboxylic acids is 2. The summed E-state index contributed by atoms with van der Waals surface area (Å²) in [6.45, 7) is 6.50. The Bertz CT molecular complexity index is 416. The molecular weight excluding hydrogens is 257 g/mol. The molecule has 0 aliphatic rings. The summed E-state index contributed by atoms with van der Waals surface area (Å²) < 4.78 is 17.8. The van der Waals surface area contributed by atoms with Crippen LogP contribution in [0.2, 0.25) is 0 Å². The van der Waals surface area contributed by atoms with Gasteiger partial charge < -0.3 is 10.1 Å². The molecule has 4 nitrogen and oxygen atoms in total. The van der Waals surface area contributed by atoms with E-state index in [2.05, 4.69) is 5.32 Å². The average molecular weight is 277 g/mol. The van der Waals surface area contributed by atoms with Crippen molar-refractivity contribution in [3.63, 3.8) is 0 Å². The summed E-state index contributed by atoms with van der Waals surface area (Å²) in [5.41, 5.74) is -0.0127. The molecule has 0 radical (unpaired) electrons. The molecular formula is C12H20FNO3S. The number of rotatable bonds is 2. The fourth-order valence-corrected chi connectivity index (χ4v) is 1.02. The fourth-order valence-electron chi connectivity index (χ4n) is 1.02. The molecule has 0 saturated heterocycles. The lowest BCUT2D eigenvalue weighted by atomic mass is 10.3. The molecule has 1 N–H and O–H groups in total. The number of benzene rings is 1. The lowest BCUT2D eigenvalue weighted by molar-refractivity contribution is -0.131. The third kappa shape index (κ3) is 6.90.